The summed E-state index contributed by atoms with van der Waals surface area (Å²) in [5, 5.41) is 1.19. The summed E-state index contributed by atoms with van der Waals surface area (Å²) in [5.74, 6) is -2.12. The lowest BCUT2D eigenvalue weighted by atomic mass is 10.0. The van der Waals surface area contributed by atoms with Crippen molar-refractivity contribution in [2.24, 2.45) is 21.5 Å². The van der Waals surface area contributed by atoms with Crippen LogP contribution < -0.4 is 11.5 Å². The first kappa shape index (κ1) is 18.7. The Labute approximate surface area is 153 Å². The van der Waals surface area contributed by atoms with Crippen LogP contribution >= 0.6 is 0 Å². The molecule has 0 unspecified atom stereocenters. The maximum atomic E-state index is 14.2. The number of aliphatic imine (C=N–C) groups is 2. The van der Waals surface area contributed by atoms with Gasteiger partial charge in [0.25, 0.3) is 0 Å². The fraction of sp³-hybridized carbons (Fsp3) is 0.222. The quantitative estimate of drug-likeness (QED) is 0.857. The van der Waals surface area contributed by atoms with E-state index in [1.54, 1.807) is 13.8 Å². The van der Waals surface area contributed by atoms with E-state index in [1.165, 1.54) is 23.3 Å². The lowest BCUT2D eigenvalue weighted by Crippen LogP contribution is -2.53. The molecule has 0 saturated heterocycles. The van der Waals surface area contributed by atoms with Crippen LogP contribution in [-0.4, -0.2) is 22.6 Å². The van der Waals surface area contributed by atoms with E-state index in [0.29, 0.717) is 0 Å². The van der Waals surface area contributed by atoms with Crippen LogP contribution in [0, 0.1) is 17.5 Å². The molecule has 3 rings (SSSR count). The Bertz CT molecular complexity index is 922. The first-order valence-electron chi connectivity index (χ1n) is 8.04. The maximum Gasteiger partial charge on any atom is 0.226 e. The zero-order chi connectivity index (χ0) is 19.8. The van der Waals surface area contributed by atoms with Gasteiger partial charge in [0, 0.05) is 5.56 Å². The van der Waals surface area contributed by atoms with Crippen molar-refractivity contribution in [2.45, 2.75) is 26.1 Å². The topological polar surface area (TPSA) is 89.2 Å². The zero-order valence-electron chi connectivity index (χ0n) is 14.7. The smallest absolute Gasteiger partial charge is 0.226 e. The molecule has 0 aromatic heterocycles. The summed E-state index contributed by atoms with van der Waals surface area (Å²) in [7, 11) is 0. The largest absolute Gasteiger partial charge is 0.368 e. The summed E-state index contributed by atoms with van der Waals surface area (Å²) in [4.78, 5) is 13.5. The van der Waals surface area contributed by atoms with Crippen LogP contribution in [0.5, 0.6) is 0 Å². The Hall–Kier alpha value is -3.07. The van der Waals surface area contributed by atoms with Crippen LogP contribution in [0.2, 0.25) is 0 Å². The molecule has 27 heavy (non-hydrogen) atoms. The molecule has 1 aliphatic heterocycles. The van der Waals surface area contributed by atoms with Crippen molar-refractivity contribution in [1.29, 1.82) is 0 Å². The Balaban J connectivity index is 1.87. The first-order valence-corrected chi connectivity index (χ1v) is 8.04. The second-order valence-electron chi connectivity index (χ2n) is 6.41. The first-order chi connectivity index (χ1) is 12.7. The van der Waals surface area contributed by atoms with Crippen molar-refractivity contribution in [3.8, 4) is 11.1 Å². The van der Waals surface area contributed by atoms with Crippen molar-refractivity contribution in [3.63, 3.8) is 0 Å². The summed E-state index contributed by atoms with van der Waals surface area (Å²) >= 11 is 0. The summed E-state index contributed by atoms with van der Waals surface area (Å²) in [6, 6.07) is 7.26. The molecular weight excluding hydrogens is 359 g/mol. The average Bonchev–Trinajstić information content (AvgIpc) is 2.55. The third-order valence-corrected chi connectivity index (χ3v) is 3.97. The van der Waals surface area contributed by atoms with E-state index in [2.05, 4.69) is 9.98 Å². The van der Waals surface area contributed by atoms with Crippen molar-refractivity contribution in [1.82, 2.24) is 5.06 Å². The lowest BCUT2D eigenvalue weighted by Gasteiger charge is -2.36. The minimum absolute atomic E-state index is 0.000515. The fourth-order valence-corrected chi connectivity index (χ4v) is 2.77. The molecule has 142 valence electrons. The number of hydrogen-bond acceptors (Lipinski definition) is 6. The second-order valence-corrected chi connectivity index (χ2v) is 6.41. The maximum absolute atomic E-state index is 14.2. The lowest BCUT2D eigenvalue weighted by molar-refractivity contribution is -0.167. The van der Waals surface area contributed by atoms with Gasteiger partial charge in [-0.3, -0.25) is 4.84 Å². The highest BCUT2D eigenvalue weighted by Gasteiger charge is 2.33. The summed E-state index contributed by atoms with van der Waals surface area (Å²) in [6.45, 7) is 3.11. The monoisotopic (exact) mass is 377 g/mol. The standard InChI is InChI=1S/C18H18F3N5O/c1-18(2)25-16(22)24-17(23)26(18)27-9-11-8-10(6-7-12(11)19)15-13(20)4-3-5-14(15)21/h3-8H,9H2,1-2H3,(H4,22,23,24,25). The van der Waals surface area contributed by atoms with Gasteiger partial charge in [-0.05, 0) is 43.7 Å². The van der Waals surface area contributed by atoms with E-state index in [-0.39, 0.29) is 35.2 Å². The van der Waals surface area contributed by atoms with Crippen molar-refractivity contribution < 1.29 is 18.0 Å². The Morgan fingerprint density at radius 2 is 1.70 bits per heavy atom. The van der Waals surface area contributed by atoms with Crippen molar-refractivity contribution >= 4 is 11.9 Å². The number of hydroxylamine groups is 2. The van der Waals surface area contributed by atoms with E-state index < -0.39 is 23.1 Å². The summed E-state index contributed by atoms with van der Waals surface area (Å²) in [6.07, 6.45) is 0. The molecular formula is C18H18F3N5O. The molecule has 0 spiro atoms. The highest BCUT2D eigenvalue weighted by Crippen LogP contribution is 2.28. The van der Waals surface area contributed by atoms with Gasteiger partial charge in [-0.1, -0.05) is 12.1 Å². The number of nitrogens with zero attached hydrogens (tertiary/aromatic N) is 3. The van der Waals surface area contributed by atoms with Crippen LogP contribution in [0.3, 0.4) is 0 Å². The van der Waals surface area contributed by atoms with Gasteiger partial charge in [-0.2, -0.15) is 10.1 Å². The third kappa shape index (κ3) is 3.72. The number of halogens is 3. The Morgan fingerprint density at radius 3 is 2.33 bits per heavy atom. The molecule has 4 N–H and O–H groups in total. The molecule has 1 aliphatic rings. The molecule has 2 aromatic rings. The van der Waals surface area contributed by atoms with Crippen LogP contribution in [0.15, 0.2) is 46.4 Å². The van der Waals surface area contributed by atoms with Gasteiger partial charge in [0.1, 0.15) is 24.1 Å². The highest BCUT2D eigenvalue weighted by atomic mass is 19.1. The second kappa shape index (κ2) is 6.92. The van der Waals surface area contributed by atoms with Gasteiger partial charge >= 0.3 is 0 Å². The average molecular weight is 377 g/mol. The Morgan fingerprint density at radius 1 is 1.04 bits per heavy atom. The van der Waals surface area contributed by atoms with Crippen molar-refractivity contribution in [2.75, 3.05) is 0 Å². The van der Waals surface area contributed by atoms with Gasteiger partial charge in [-0.25, -0.2) is 18.2 Å². The van der Waals surface area contributed by atoms with E-state index in [1.807, 2.05) is 0 Å². The summed E-state index contributed by atoms with van der Waals surface area (Å²) in [5.41, 5.74) is 10.5. The molecule has 0 atom stereocenters. The number of rotatable bonds is 4. The molecule has 1 heterocycles. The van der Waals surface area contributed by atoms with Crippen LogP contribution in [0.4, 0.5) is 13.2 Å². The molecule has 2 aromatic carbocycles. The van der Waals surface area contributed by atoms with Gasteiger partial charge in [0.2, 0.25) is 11.9 Å². The molecule has 9 heteroatoms. The molecule has 0 bridgehead atoms. The Kier molecular flexibility index (Phi) is 4.79. The number of hydrogen-bond donors (Lipinski definition) is 2. The van der Waals surface area contributed by atoms with E-state index in [0.717, 1.165) is 18.2 Å². The van der Waals surface area contributed by atoms with Gasteiger partial charge in [0.15, 0.2) is 5.66 Å². The fourth-order valence-electron chi connectivity index (χ4n) is 2.77. The minimum atomic E-state index is -0.957. The van der Waals surface area contributed by atoms with Crippen LogP contribution in [-0.2, 0) is 11.4 Å². The van der Waals surface area contributed by atoms with Gasteiger partial charge in [-0.15, -0.1) is 0 Å². The number of nitrogens with two attached hydrogens (primary N) is 2. The normalized spacial score (nSPS) is 16.1. The molecule has 0 saturated carbocycles. The predicted octanol–water partition coefficient (Wildman–Crippen LogP) is 2.88. The summed E-state index contributed by atoms with van der Waals surface area (Å²) < 4.78 is 42.2. The predicted molar refractivity (Wildman–Crippen MR) is 95.7 cm³/mol. The third-order valence-electron chi connectivity index (χ3n) is 3.97. The number of benzene rings is 2. The van der Waals surface area contributed by atoms with E-state index in [4.69, 9.17) is 16.3 Å². The van der Waals surface area contributed by atoms with Crippen LogP contribution in [0.25, 0.3) is 11.1 Å². The van der Waals surface area contributed by atoms with E-state index in [9.17, 15) is 13.2 Å². The number of guanidine groups is 2. The zero-order valence-corrected chi connectivity index (χ0v) is 14.7. The van der Waals surface area contributed by atoms with Gasteiger partial charge in [0.05, 0.1) is 5.56 Å². The molecule has 0 fully saturated rings. The molecule has 0 amide bonds. The van der Waals surface area contributed by atoms with E-state index >= 15 is 0 Å². The minimum Gasteiger partial charge on any atom is -0.368 e. The van der Waals surface area contributed by atoms with Gasteiger partial charge < -0.3 is 11.5 Å². The highest BCUT2D eigenvalue weighted by molar-refractivity contribution is 5.95. The SMILES string of the molecule is CC1(C)N=C(N)N=C(N)N1OCc1cc(-c2c(F)cccc2F)ccc1F. The molecule has 6 nitrogen and oxygen atoms in total. The van der Waals surface area contributed by atoms with Crippen molar-refractivity contribution in [3.05, 3.63) is 59.4 Å². The molecule has 0 aliphatic carbocycles. The van der Waals surface area contributed by atoms with Crippen LogP contribution in [0.1, 0.15) is 19.4 Å². The molecule has 0 radical (unpaired) electrons.